The summed E-state index contributed by atoms with van der Waals surface area (Å²) in [6.45, 7) is 1.95. The molecule has 1 unspecified atom stereocenters. The summed E-state index contributed by atoms with van der Waals surface area (Å²) in [6.07, 6.45) is -6.57. The summed E-state index contributed by atoms with van der Waals surface area (Å²) in [5.74, 6) is -1.54. The van der Waals surface area contributed by atoms with Crippen molar-refractivity contribution in [2.45, 2.75) is 69.9 Å². The van der Waals surface area contributed by atoms with E-state index in [-0.39, 0.29) is 54.1 Å². The number of hydrogen-bond donors (Lipinski definition) is 1. The highest BCUT2D eigenvalue weighted by Crippen LogP contribution is 2.45. The highest BCUT2D eigenvalue weighted by Gasteiger charge is 2.46. The maximum Gasteiger partial charge on any atom is 0.420 e. The quantitative estimate of drug-likeness (QED) is 0.426. The molecule has 2 aromatic carbocycles. The van der Waals surface area contributed by atoms with Crippen LogP contribution in [0, 0.1) is 11.8 Å². The fraction of sp³-hybridized carbons (Fsp3) is 0.577. The number of ether oxygens (including phenoxy) is 1. The number of hydrogen-bond acceptors (Lipinski definition) is 3. The molecular formula is C26H29F6NO3. The number of rotatable bonds is 5. The first-order valence-electron chi connectivity index (χ1n) is 12.2. The van der Waals surface area contributed by atoms with Crippen LogP contribution in [-0.2, 0) is 11.0 Å². The van der Waals surface area contributed by atoms with Gasteiger partial charge < -0.3 is 9.84 Å². The first kappa shape index (κ1) is 26.6. The largest absolute Gasteiger partial charge is 0.490 e. The number of likely N-dealkylation sites (tertiary alicyclic amines) is 1. The minimum atomic E-state index is -4.75. The summed E-state index contributed by atoms with van der Waals surface area (Å²) in [7, 11) is 0. The Bertz CT molecular complexity index is 1080. The molecule has 2 fully saturated rings. The number of fused-ring (bicyclic) bond motifs is 1. The molecule has 1 aliphatic heterocycles. The Labute approximate surface area is 205 Å². The van der Waals surface area contributed by atoms with Crippen molar-refractivity contribution in [3.8, 4) is 5.75 Å². The maximum atomic E-state index is 14.1. The summed E-state index contributed by atoms with van der Waals surface area (Å²) in [5, 5.41) is 8.98. The first-order valence-corrected chi connectivity index (χ1v) is 12.2. The van der Waals surface area contributed by atoms with Crippen LogP contribution in [0.5, 0.6) is 5.75 Å². The summed E-state index contributed by atoms with van der Waals surface area (Å²) in [6, 6.07) is 3.87. The van der Waals surface area contributed by atoms with Gasteiger partial charge in [-0.05, 0) is 86.0 Å². The van der Waals surface area contributed by atoms with Gasteiger partial charge in [-0.15, -0.1) is 0 Å². The summed E-state index contributed by atoms with van der Waals surface area (Å²) >= 11 is 0. The third kappa shape index (κ3) is 5.74. The van der Waals surface area contributed by atoms with Crippen molar-refractivity contribution in [1.82, 2.24) is 4.90 Å². The molecule has 4 rings (SSSR count). The molecule has 1 N–H and O–H groups in total. The highest BCUT2D eigenvalue weighted by atomic mass is 19.4. The van der Waals surface area contributed by atoms with Crippen molar-refractivity contribution in [2.24, 2.45) is 11.8 Å². The van der Waals surface area contributed by atoms with Gasteiger partial charge in [0.1, 0.15) is 17.4 Å². The van der Waals surface area contributed by atoms with Crippen LogP contribution in [0.1, 0.15) is 62.6 Å². The molecule has 1 saturated carbocycles. The second-order valence-electron chi connectivity index (χ2n) is 10.0. The topological polar surface area (TPSA) is 49.8 Å². The zero-order valence-corrected chi connectivity index (χ0v) is 19.8. The van der Waals surface area contributed by atoms with Crippen LogP contribution < -0.4 is 4.74 Å². The Morgan fingerprint density at radius 2 is 1.61 bits per heavy atom. The lowest BCUT2D eigenvalue weighted by molar-refractivity contribution is -0.190. The molecule has 10 heteroatoms. The number of benzene rings is 2. The van der Waals surface area contributed by atoms with Crippen LogP contribution >= 0.6 is 0 Å². The number of carboxylic acids is 1. The molecule has 0 aromatic heterocycles. The molecule has 0 radical (unpaired) electrons. The van der Waals surface area contributed by atoms with E-state index in [1.54, 1.807) is 0 Å². The minimum absolute atomic E-state index is 0.0408. The lowest BCUT2D eigenvalue weighted by atomic mass is 9.89. The van der Waals surface area contributed by atoms with Gasteiger partial charge in [-0.2, -0.15) is 26.3 Å². The number of alkyl halides is 6. The molecule has 0 amide bonds. The van der Waals surface area contributed by atoms with Gasteiger partial charge in [-0.1, -0.05) is 25.1 Å². The monoisotopic (exact) mass is 517 g/mol. The van der Waals surface area contributed by atoms with Crippen LogP contribution in [-0.4, -0.2) is 41.3 Å². The number of piperidine rings is 1. The van der Waals surface area contributed by atoms with E-state index in [4.69, 9.17) is 9.84 Å². The minimum Gasteiger partial charge on any atom is -0.490 e. The molecule has 36 heavy (non-hydrogen) atoms. The Kier molecular flexibility index (Phi) is 7.46. The van der Waals surface area contributed by atoms with E-state index in [9.17, 15) is 31.1 Å². The molecular weight excluding hydrogens is 488 g/mol. The van der Waals surface area contributed by atoms with Gasteiger partial charge in [0.25, 0.3) is 0 Å². The van der Waals surface area contributed by atoms with Gasteiger partial charge >= 0.3 is 18.3 Å². The second kappa shape index (κ2) is 10.1. The molecule has 0 spiro atoms. The molecule has 2 aliphatic rings. The van der Waals surface area contributed by atoms with Crippen molar-refractivity contribution in [1.29, 1.82) is 0 Å². The molecule has 1 saturated heterocycles. The lowest BCUT2D eigenvalue weighted by Gasteiger charge is -2.37. The van der Waals surface area contributed by atoms with E-state index >= 15 is 0 Å². The van der Waals surface area contributed by atoms with Gasteiger partial charge in [-0.25, -0.2) is 0 Å². The van der Waals surface area contributed by atoms with Crippen molar-refractivity contribution in [2.75, 3.05) is 13.1 Å². The van der Waals surface area contributed by atoms with Crippen LogP contribution in [0.25, 0.3) is 10.8 Å². The number of nitrogens with zero attached hydrogens (tertiary/aromatic N) is 1. The Morgan fingerprint density at radius 1 is 0.972 bits per heavy atom. The lowest BCUT2D eigenvalue weighted by Crippen LogP contribution is -2.44. The third-order valence-electron chi connectivity index (χ3n) is 7.42. The van der Waals surface area contributed by atoms with Gasteiger partial charge in [0, 0.05) is 0 Å². The van der Waals surface area contributed by atoms with Gasteiger partial charge in [0.15, 0.2) is 0 Å². The standard InChI is InChI=1S/C26H29F6NO3/c1-15-2-6-19(7-3-15)36-21-9-5-17-14-18(4-8-20(17)22(21)25(27,28)29)23(26(30,31)32)33-12-10-16(11-13-33)24(34)35/h4-5,8-9,14-16,19,23H,2-3,6-7,10-13H2,1H3,(H,34,35)/t15-,19+,23?. The van der Waals surface area contributed by atoms with E-state index in [1.807, 2.05) is 0 Å². The molecule has 1 aliphatic carbocycles. The van der Waals surface area contributed by atoms with E-state index < -0.39 is 35.8 Å². The number of carboxylic acid groups (broad SMARTS) is 1. The van der Waals surface area contributed by atoms with Crippen molar-refractivity contribution in [3.05, 3.63) is 41.5 Å². The predicted octanol–water partition coefficient (Wildman–Crippen LogP) is 7.22. The Hall–Kier alpha value is -2.49. The van der Waals surface area contributed by atoms with Crippen LogP contribution in [0.3, 0.4) is 0 Å². The molecule has 4 nitrogen and oxygen atoms in total. The van der Waals surface area contributed by atoms with E-state index in [1.165, 1.54) is 12.1 Å². The molecule has 1 heterocycles. The fourth-order valence-electron chi connectivity index (χ4n) is 5.43. The Balaban J connectivity index is 1.68. The zero-order valence-electron chi connectivity index (χ0n) is 19.8. The van der Waals surface area contributed by atoms with Crippen LogP contribution in [0.2, 0.25) is 0 Å². The highest BCUT2D eigenvalue weighted by molar-refractivity contribution is 5.89. The van der Waals surface area contributed by atoms with E-state index in [2.05, 4.69) is 6.92 Å². The summed E-state index contributed by atoms with van der Waals surface area (Å²) in [5.41, 5.74) is -1.15. The first-order chi connectivity index (χ1) is 16.8. The molecule has 198 valence electrons. The van der Waals surface area contributed by atoms with E-state index in [0.29, 0.717) is 18.8 Å². The SMILES string of the molecule is C[C@H]1CC[C@@H](Oc2ccc3cc(C(N4CCC(C(=O)O)CC4)C(F)(F)F)ccc3c2C(F)(F)F)CC1. The Morgan fingerprint density at radius 3 is 2.17 bits per heavy atom. The molecule has 0 bridgehead atoms. The van der Waals surface area contributed by atoms with Gasteiger partial charge in [-0.3, -0.25) is 9.69 Å². The van der Waals surface area contributed by atoms with Crippen molar-refractivity contribution < 1.29 is 41.0 Å². The van der Waals surface area contributed by atoms with E-state index in [0.717, 1.165) is 35.9 Å². The fourth-order valence-corrected chi connectivity index (χ4v) is 5.43. The third-order valence-corrected chi connectivity index (χ3v) is 7.42. The van der Waals surface area contributed by atoms with Gasteiger partial charge in [0.2, 0.25) is 0 Å². The zero-order chi connectivity index (χ0) is 26.3. The molecule has 1 atom stereocenters. The second-order valence-corrected chi connectivity index (χ2v) is 10.0. The van der Waals surface area contributed by atoms with Crippen molar-refractivity contribution in [3.63, 3.8) is 0 Å². The summed E-state index contributed by atoms with van der Waals surface area (Å²) < 4.78 is 90.5. The predicted molar refractivity (Wildman–Crippen MR) is 122 cm³/mol. The smallest absolute Gasteiger partial charge is 0.420 e. The molecule has 2 aromatic rings. The van der Waals surface area contributed by atoms with Gasteiger partial charge in [0.05, 0.1) is 12.0 Å². The van der Waals surface area contributed by atoms with Crippen LogP contribution in [0.15, 0.2) is 30.3 Å². The van der Waals surface area contributed by atoms with Crippen molar-refractivity contribution >= 4 is 16.7 Å². The average Bonchev–Trinajstić information content (AvgIpc) is 2.79. The number of halogens is 6. The number of carbonyl (C=O) groups is 1. The number of aliphatic carboxylic acids is 1. The van der Waals surface area contributed by atoms with Crippen LogP contribution in [0.4, 0.5) is 26.3 Å². The average molecular weight is 518 g/mol. The summed E-state index contributed by atoms with van der Waals surface area (Å²) in [4.78, 5) is 12.3. The maximum absolute atomic E-state index is 14.1. The normalized spacial score (nSPS) is 23.5.